The maximum atomic E-state index is 5.39. The Bertz CT molecular complexity index is 414. The largest absolute Gasteiger partial charge is 0.376 e. The molecule has 4 N–H and O–H groups in total. The quantitative estimate of drug-likeness (QED) is 0.563. The number of nitrogens with zero attached hydrogens (tertiary/aromatic N) is 3. The van der Waals surface area contributed by atoms with Gasteiger partial charge in [0.2, 0.25) is 11.9 Å². The Labute approximate surface area is 110 Å². The molecule has 8 heteroatoms. The second-order valence-electron chi connectivity index (χ2n) is 4.33. The lowest BCUT2D eigenvalue weighted by Gasteiger charge is -2.20. The van der Waals surface area contributed by atoms with Gasteiger partial charge in [-0.1, -0.05) is 11.8 Å². The molecule has 94 valence electrons. The highest BCUT2D eigenvalue weighted by molar-refractivity contribution is 7.98. The van der Waals surface area contributed by atoms with Crippen LogP contribution in [-0.4, -0.2) is 31.9 Å². The first kappa shape index (κ1) is 13.9. The van der Waals surface area contributed by atoms with Gasteiger partial charge in [0.1, 0.15) is 0 Å². The zero-order chi connectivity index (χ0) is 13.1. The molecule has 0 bridgehead atoms. The van der Waals surface area contributed by atoms with E-state index in [1.165, 1.54) is 11.8 Å². The van der Waals surface area contributed by atoms with E-state index >= 15 is 0 Å². The van der Waals surface area contributed by atoms with Crippen molar-refractivity contribution < 1.29 is 0 Å². The summed E-state index contributed by atoms with van der Waals surface area (Å²) < 4.78 is 0. The van der Waals surface area contributed by atoms with E-state index in [-0.39, 0.29) is 10.7 Å². The normalized spacial score (nSPS) is 11.1. The molecular formula is C9H16N6S2. The predicted octanol–water partition coefficient (Wildman–Crippen LogP) is 1.46. The third-order valence-electron chi connectivity index (χ3n) is 1.52. The fraction of sp³-hybridized carbons (Fsp3) is 0.556. The molecule has 0 atom stereocenters. The minimum absolute atomic E-state index is 0.127. The Balaban J connectivity index is 3.00. The summed E-state index contributed by atoms with van der Waals surface area (Å²) in [7, 11) is 0. The predicted molar refractivity (Wildman–Crippen MR) is 75.4 cm³/mol. The smallest absolute Gasteiger partial charge is 0.234 e. The van der Waals surface area contributed by atoms with Crippen LogP contribution < -0.4 is 16.4 Å². The molecule has 0 amide bonds. The zero-order valence-electron chi connectivity index (χ0n) is 10.2. The number of thiocarbonyl (C=S) groups is 1. The first-order chi connectivity index (χ1) is 7.80. The maximum absolute atomic E-state index is 5.39. The van der Waals surface area contributed by atoms with Crippen LogP contribution in [0.1, 0.15) is 20.8 Å². The van der Waals surface area contributed by atoms with Gasteiger partial charge in [0.25, 0.3) is 0 Å². The molecule has 0 aliphatic heterocycles. The summed E-state index contributed by atoms with van der Waals surface area (Å²) >= 11 is 6.17. The number of nitrogens with one attached hydrogen (secondary N) is 2. The molecule has 0 aromatic carbocycles. The first-order valence-electron chi connectivity index (χ1n) is 4.95. The SMILES string of the molecule is CSc1nc(NC(N)=S)nc(NC(C)(C)C)n1. The van der Waals surface area contributed by atoms with Crippen molar-refractivity contribution in [3.8, 4) is 0 Å². The van der Waals surface area contributed by atoms with Gasteiger partial charge in [-0.05, 0) is 39.2 Å². The molecule has 0 radical (unpaired) electrons. The van der Waals surface area contributed by atoms with E-state index in [1.54, 1.807) is 0 Å². The van der Waals surface area contributed by atoms with Crippen LogP contribution in [0.5, 0.6) is 0 Å². The second kappa shape index (κ2) is 5.46. The van der Waals surface area contributed by atoms with Crippen LogP contribution in [0.25, 0.3) is 0 Å². The van der Waals surface area contributed by atoms with Crippen LogP contribution in [-0.2, 0) is 0 Å². The van der Waals surface area contributed by atoms with E-state index in [9.17, 15) is 0 Å². The van der Waals surface area contributed by atoms with Gasteiger partial charge in [-0.15, -0.1) is 0 Å². The molecule has 0 aliphatic carbocycles. The number of nitrogens with two attached hydrogens (primary N) is 1. The van der Waals surface area contributed by atoms with Crippen LogP contribution in [0.15, 0.2) is 5.16 Å². The van der Waals surface area contributed by atoms with E-state index in [4.69, 9.17) is 18.0 Å². The van der Waals surface area contributed by atoms with Crippen molar-refractivity contribution in [3.63, 3.8) is 0 Å². The van der Waals surface area contributed by atoms with Crippen molar-refractivity contribution in [1.29, 1.82) is 0 Å². The van der Waals surface area contributed by atoms with Gasteiger partial charge < -0.3 is 16.4 Å². The molecule has 0 saturated heterocycles. The van der Waals surface area contributed by atoms with Crippen LogP contribution in [0, 0.1) is 0 Å². The summed E-state index contributed by atoms with van der Waals surface area (Å²) in [5, 5.41) is 6.60. The van der Waals surface area contributed by atoms with E-state index in [2.05, 4.69) is 25.6 Å². The van der Waals surface area contributed by atoms with E-state index in [1.807, 2.05) is 27.0 Å². The lowest BCUT2D eigenvalue weighted by Crippen LogP contribution is -2.28. The lowest BCUT2D eigenvalue weighted by molar-refractivity contribution is 0.622. The van der Waals surface area contributed by atoms with Crippen molar-refractivity contribution in [3.05, 3.63) is 0 Å². The average Bonchev–Trinajstić information content (AvgIpc) is 2.13. The highest BCUT2D eigenvalue weighted by Crippen LogP contribution is 2.16. The zero-order valence-corrected chi connectivity index (χ0v) is 11.9. The Kier molecular flexibility index (Phi) is 4.47. The highest BCUT2D eigenvalue weighted by atomic mass is 32.2. The summed E-state index contributed by atoms with van der Waals surface area (Å²) in [4.78, 5) is 12.6. The molecule has 0 unspecified atom stereocenters. The van der Waals surface area contributed by atoms with Gasteiger partial charge in [-0.25, -0.2) is 0 Å². The van der Waals surface area contributed by atoms with Crippen LogP contribution >= 0.6 is 24.0 Å². The number of aromatic nitrogens is 3. The molecule has 0 saturated carbocycles. The molecule has 1 rings (SSSR count). The molecule has 0 spiro atoms. The molecular weight excluding hydrogens is 256 g/mol. The lowest BCUT2D eigenvalue weighted by atomic mass is 10.1. The van der Waals surface area contributed by atoms with Crippen molar-refractivity contribution in [2.24, 2.45) is 5.73 Å². The molecule has 0 fully saturated rings. The van der Waals surface area contributed by atoms with Gasteiger partial charge in [0.05, 0.1) is 0 Å². The summed E-state index contributed by atoms with van der Waals surface area (Å²) in [6, 6.07) is 0. The Morgan fingerprint density at radius 2 is 1.82 bits per heavy atom. The maximum Gasteiger partial charge on any atom is 0.234 e. The molecule has 1 heterocycles. The van der Waals surface area contributed by atoms with E-state index < -0.39 is 0 Å². The average molecular weight is 272 g/mol. The molecule has 0 aliphatic rings. The summed E-state index contributed by atoms with van der Waals surface area (Å²) in [6.07, 6.45) is 1.89. The fourth-order valence-corrected chi connectivity index (χ4v) is 1.45. The minimum Gasteiger partial charge on any atom is -0.376 e. The Hall–Kier alpha value is -1.15. The molecule has 1 aromatic rings. The molecule has 17 heavy (non-hydrogen) atoms. The molecule has 1 aromatic heterocycles. The molecule has 6 nitrogen and oxygen atoms in total. The topological polar surface area (TPSA) is 88.8 Å². The number of thioether (sulfide) groups is 1. The standard InChI is InChI=1S/C9H16N6S2/c1-9(2,3)15-7-12-6(11-5(10)16)13-8(14-7)17-4/h1-4H3,(H4,10,11,12,13,14,15,16). The number of hydrogen-bond donors (Lipinski definition) is 3. The Morgan fingerprint density at radius 1 is 1.24 bits per heavy atom. The van der Waals surface area contributed by atoms with Gasteiger partial charge in [-0.2, -0.15) is 15.0 Å². The summed E-state index contributed by atoms with van der Waals surface area (Å²) in [5.74, 6) is 0.846. The van der Waals surface area contributed by atoms with Crippen molar-refractivity contribution in [2.75, 3.05) is 16.9 Å². The van der Waals surface area contributed by atoms with Crippen molar-refractivity contribution in [2.45, 2.75) is 31.5 Å². The summed E-state index contributed by atoms with van der Waals surface area (Å²) in [5.41, 5.74) is 5.26. The number of anilines is 2. The summed E-state index contributed by atoms with van der Waals surface area (Å²) in [6.45, 7) is 6.07. The monoisotopic (exact) mass is 272 g/mol. The fourth-order valence-electron chi connectivity index (χ4n) is 1.01. The minimum atomic E-state index is -0.127. The van der Waals surface area contributed by atoms with E-state index in [0.717, 1.165) is 0 Å². The Morgan fingerprint density at radius 3 is 2.29 bits per heavy atom. The highest BCUT2D eigenvalue weighted by Gasteiger charge is 2.13. The number of rotatable bonds is 3. The number of hydrogen-bond acceptors (Lipinski definition) is 6. The first-order valence-corrected chi connectivity index (χ1v) is 6.58. The van der Waals surface area contributed by atoms with Crippen LogP contribution in [0.4, 0.5) is 11.9 Å². The third-order valence-corrected chi connectivity index (χ3v) is 2.17. The van der Waals surface area contributed by atoms with Crippen molar-refractivity contribution in [1.82, 2.24) is 15.0 Å². The second-order valence-corrected chi connectivity index (χ2v) is 5.55. The van der Waals surface area contributed by atoms with Gasteiger partial charge in [0.15, 0.2) is 10.3 Å². The van der Waals surface area contributed by atoms with Gasteiger partial charge >= 0.3 is 0 Å². The van der Waals surface area contributed by atoms with Crippen LogP contribution in [0.2, 0.25) is 0 Å². The van der Waals surface area contributed by atoms with Crippen molar-refractivity contribution >= 4 is 41.0 Å². The van der Waals surface area contributed by atoms with E-state index in [0.29, 0.717) is 17.1 Å². The van der Waals surface area contributed by atoms with Crippen LogP contribution in [0.3, 0.4) is 0 Å². The third kappa shape index (κ3) is 5.14. The van der Waals surface area contributed by atoms with Gasteiger partial charge in [0, 0.05) is 5.54 Å². The van der Waals surface area contributed by atoms with Gasteiger partial charge in [-0.3, -0.25) is 0 Å².